The van der Waals surface area contributed by atoms with Crippen LogP contribution in [0.3, 0.4) is 0 Å². The predicted molar refractivity (Wildman–Crippen MR) is 52.8 cm³/mol. The molecule has 72 valence electrons. The van der Waals surface area contributed by atoms with Crippen LogP contribution in [-0.4, -0.2) is 23.1 Å². The predicted octanol–water partition coefficient (Wildman–Crippen LogP) is -5.20. The van der Waals surface area contributed by atoms with Gasteiger partial charge in [-0.2, -0.15) is 35.9 Å². The van der Waals surface area contributed by atoms with Crippen molar-refractivity contribution in [2.24, 2.45) is 0 Å². The van der Waals surface area contributed by atoms with Gasteiger partial charge in [0.25, 0.3) is 0 Å². The van der Waals surface area contributed by atoms with Gasteiger partial charge in [-0.1, -0.05) is 10.0 Å². The van der Waals surface area contributed by atoms with Crippen molar-refractivity contribution in [3.05, 3.63) is 34.3 Å². The summed E-state index contributed by atoms with van der Waals surface area (Å²) in [4.78, 5) is 0. The van der Waals surface area contributed by atoms with Crippen LogP contribution in [0.1, 0.15) is 0 Å². The SMILES string of the molecule is ClCl.Clc1c[c-]ccc1Cl.[Cl-].[Cl-].[Li+].[Mg+2]. The zero-order chi connectivity index (χ0) is 7.98. The fourth-order valence-electron chi connectivity index (χ4n) is 0.391. The summed E-state index contributed by atoms with van der Waals surface area (Å²) in [5, 5.41) is 1.12. The van der Waals surface area contributed by atoms with Gasteiger partial charge >= 0.3 is 41.9 Å². The van der Waals surface area contributed by atoms with Gasteiger partial charge in [-0.15, -0.1) is 11.6 Å². The van der Waals surface area contributed by atoms with E-state index in [4.69, 9.17) is 23.2 Å². The number of halogens is 6. The Balaban J connectivity index is -0.0000000425. The van der Waals surface area contributed by atoms with Gasteiger partial charge in [-0.3, -0.25) is 0 Å². The number of hydrogen-bond acceptors (Lipinski definition) is 0. The molecule has 0 saturated carbocycles. The van der Waals surface area contributed by atoms with E-state index in [9.17, 15) is 0 Å². The molecule has 14 heavy (non-hydrogen) atoms. The summed E-state index contributed by atoms with van der Waals surface area (Å²) >= 11 is 11.1. The molecular formula is C6H3Cl6LiMg. The van der Waals surface area contributed by atoms with Crippen molar-refractivity contribution in [2.45, 2.75) is 0 Å². The van der Waals surface area contributed by atoms with Gasteiger partial charge < -0.3 is 24.8 Å². The summed E-state index contributed by atoms with van der Waals surface area (Å²) in [6.45, 7) is 0. The monoisotopic (exact) mass is 316 g/mol. The molecule has 0 N–H and O–H groups in total. The van der Waals surface area contributed by atoms with Gasteiger partial charge in [-0.05, 0) is 0 Å². The van der Waals surface area contributed by atoms with E-state index < -0.39 is 0 Å². The molecule has 8 heteroatoms. The molecule has 0 spiro atoms. The van der Waals surface area contributed by atoms with Crippen LogP contribution >= 0.6 is 44.9 Å². The van der Waals surface area contributed by atoms with Gasteiger partial charge in [-0.25, -0.2) is 0 Å². The topological polar surface area (TPSA) is 0 Å². The van der Waals surface area contributed by atoms with Gasteiger partial charge in [0.15, 0.2) is 0 Å². The third-order valence-corrected chi connectivity index (χ3v) is 1.50. The molecule has 0 saturated heterocycles. The average molecular weight is 319 g/mol. The minimum absolute atomic E-state index is 0. The Hall–Kier alpha value is 2.32. The Kier molecular flexibility index (Phi) is 44.2. The summed E-state index contributed by atoms with van der Waals surface area (Å²) in [6.07, 6.45) is 0. The fourth-order valence-corrected chi connectivity index (χ4v) is 0.635. The van der Waals surface area contributed by atoms with Crippen molar-refractivity contribution in [1.82, 2.24) is 0 Å². The molecule has 0 heterocycles. The molecule has 1 aromatic rings. The quantitative estimate of drug-likeness (QED) is 0.331. The third kappa shape index (κ3) is 14.3. The van der Waals surface area contributed by atoms with E-state index in [2.05, 4.69) is 27.8 Å². The average Bonchev–Trinajstić information content (AvgIpc) is 2.00. The molecule has 1 aromatic carbocycles. The molecule has 1 rings (SSSR count). The molecule has 0 nitrogen and oxygen atoms in total. The Labute approximate surface area is 144 Å². The summed E-state index contributed by atoms with van der Waals surface area (Å²) in [5.41, 5.74) is 0. The molecule has 0 aliphatic heterocycles. The molecule has 0 fully saturated rings. The number of hydrogen-bond donors (Lipinski definition) is 0. The van der Waals surface area contributed by atoms with E-state index in [1.54, 1.807) is 18.2 Å². The van der Waals surface area contributed by atoms with Crippen LogP contribution in [0.4, 0.5) is 0 Å². The second-order valence-corrected chi connectivity index (χ2v) is 2.15. The molecular weight excluding hydrogens is 316 g/mol. The van der Waals surface area contributed by atoms with E-state index in [1.165, 1.54) is 0 Å². The summed E-state index contributed by atoms with van der Waals surface area (Å²) in [7, 11) is 8.22. The van der Waals surface area contributed by atoms with Crippen molar-refractivity contribution >= 4 is 68.0 Å². The van der Waals surface area contributed by atoms with Gasteiger partial charge in [0.05, 0.1) is 0 Å². The molecule has 0 atom stereocenters. The standard InChI is InChI=1S/C6H3Cl2.Cl2.2ClH.Li.Mg/c7-5-3-1-2-4-6(5)8;1-2;;;;/h1,3-4H;;2*1H;;/q-1;;;;+1;+2/p-2. The van der Waals surface area contributed by atoms with Crippen molar-refractivity contribution < 1.29 is 43.7 Å². The van der Waals surface area contributed by atoms with Crippen molar-refractivity contribution in [2.75, 3.05) is 0 Å². The smallest absolute Gasteiger partial charge is 1.00 e. The van der Waals surface area contributed by atoms with Crippen LogP contribution in [0.15, 0.2) is 18.2 Å². The van der Waals surface area contributed by atoms with Crippen LogP contribution in [0.2, 0.25) is 10.0 Å². The summed E-state index contributed by atoms with van der Waals surface area (Å²) in [6, 6.07) is 7.83. The normalized spacial score (nSPS) is 5.71. The number of benzene rings is 1. The Morgan fingerprint density at radius 3 is 1.64 bits per heavy atom. The number of rotatable bonds is 0. The summed E-state index contributed by atoms with van der Waals surface area (Å²) in [5.74, 6) is 0. The van der Waals surface area contributed by atoms with Crippen LogP contribution < -0.4 is 43.7 Å². The van der Waals surface area contributed by atoms with Crippen LogP contribution in [0, 0.1) is 6.07 Å². The molecule has 0 aliphatic carbocycles. The minimum atomic E-state index is 0. The van der Waals surface area contributed by atoms with Crippen LogP contribution in [-0.2, 0) is 0 Å². The van der Waals surface area contributed by atoms with Crippen LogP contribution in [0.25, 0.3) is 0 Å². The zero-order valence-corrected chi connectivity index (χ0v) is 13.2. The fraction of sp³-hybridized carbons (Fsp3) is 0. The molecule has 0 aromatic heterocycles. The molecule has 0 aliphatic rings. The van der Waals surface area contributed by atoms with E-state index in [0.717, 1.165) is 0 Å². The molecule has 0 unspecified atom stereocenters. The maximum absolute atomic E-state index is 5.56. The van der Waals surface area contributed by atoms with E-state index in [1.807, 2.05) is 0 Å². The Morgan fingerprint density at radius 1 is 1.00 bits per heavy atom. The Morgan fingerprint density at radius 2 is 1.43 bits per heavy atom. The van der Waals surface area contributed by atoms with Crippen molar-refractivity contribution in [1.29, 1.82) is 0 Å². The maximum atomic E-state index is 5.56. The van der Waals surface area contributed by atoms with E-state index >= 15 is 0 Å². The molecule has 0 radical (unpaired) electrons. The molecule has 0 amide bonds. The van der Waals surface area contributed by atoms with E-state index in [0.29, 0.717) is 10.0 Å². The maximum Gasteiger partial charge on any atom is 2.00 e. The van der Waals surface area contributed by atoms with Crippen molar-refractivity contribution in [3.8, 4) is 0 Å². The van der Waals surface area contributed by atoms with Gasteiger partial charge in [0.1, 0.15) is 0 Å². The van der Waals surface area contributed by atoms with Gasteiger partial charge in [0, 0.05) is 21.7 Å². The first-order valence-corrected chi connectivity index (χ1v) is 4.16. The van der Waals surface area contributed by atoms with Gasteiger partial charge in [0.2, 0.25) is 0 Å². The first-order chi connectivity index (χ1) is 4.80. The van der Waals surface area contributed by atoms with Crippen LogP contribution in [0.5, 0.6) is 0 Å². The minimum Gasteiger partial charge on any atom is -1.00 e. The first kappa shape index (κ1) is 29.9. The third-order valence-electron chi connectivity index (χ3n) is 0.764. The van der Waals surface area contributed by atoms with Crippen molar-refractivity contribution in [3.63, 3.8) is 0 Å². The molecule has 0 bridgehead atoms. The summed E-state index contributed by atoms with van der Waals surface area (Å²) < 4.78 is 0. The largest absolute Gasteiger partial charge is 2.00 e. The first-order valence-electron chi connectivity index (χ1n) is 2.26. The second-order valence-electron chi connectivity index (χ2n) is 1.34. The second kappa shape index (κ2) is 20.7. The zero-order valence-electron chi connectivity index (χ0n) is 7.21. The Bertz CT molecular complexity index is 178. The van der Waals surface area contributed by atoms with E-state index in [-0.39, 0.29) is 66.7 Å².